The molecule has 0 aliphatic carbocycles. The number of H-pyrrole nitrogens is 1. The minimum atomic E-state index is -0.454. The van der Waals surface area contributed by atoms with Gasteiger partial charge in [0.15, 0.2) is 11.5 Å². The summed E-state index contributed by atoms with van der Waals surface area (Å²) in [6.07, 6.45) is 4.40. The predicted octanol–water partition coefficient (Wildman–Crippen LogP) is 5.50. The maximum Gasteiger partial charge on any atom is 0.252 e. The molecular weight excluding hydrogens is 480 g/mol. The van der Waals surface area contributed by atoms with Gasteiger partial charge in [0, 0.05) is 33.8 Å². The first-order chi connectivity index (χ1) is 18.4. The lowest BCUT2D eigenvalue weighted by atomic mass is 9.91. The molecule has 0 saturated heterocycles. The Kier molecular flexibility index (Phi) is 7.11. The number of amides is 1. The number of aliphatic hydroxyl groups is 1. The summed E-state index contributed by atoms with van der Waals surface area (Å²) < 4.78 is 17.1. The fourth-order valence-electron chi connectivity index (χ4n) is 4.99. The van der Waals surface area contributed by atoms with Crippen LogP contribution in [0.4, 0.5) is 0 Å². The summed E-state index contributed by atoms with van der Waals surface area (Å²) in [6, 6.07) is 15.1. The molecular formula is C31H32N2O5. The van der Waals surface area contributed by atoms with Crippen molar-refractivity contribution in [2.24, 2.45) is 0 Å². The van der Waals surface area contributed by atoms with E-state index in [0.29, 0.717) is 35.8 Å². The molecule has 1 aliphatic rings. The molecule has 0 bridgehead atoms. The number of hydrogen-bond donors (Lipinski definition) is 3. The van der Waals surface area contributed by atoms with Crippen molar-refractivity contribution >= 4 is 22.9 Å². The number of hydrogen-bond acceptors (Lipinski definition) is 5. The van der Waals surface area contributed by atoms with Crippen LogP contribution in [0.1, 0.15) is 40.9 Å². The number of carbonyl (C=O) groups is 1. The van der Waals surface area contributed by atoms with Crippen LogP contribution < -0.4 is 19.5 Å². The molecule has 2 heterocycles. The molecule has 0 fully saturated rings. The van der Waals surface area contributed by atoms with Crippen molar-refractivity contribution in [2.75, 3.05) is 20.8 Å². The zero-order valence-electron chi connectivity index (χ0n) is 22.1. The normalized spacial score (nSPS) is 12.7. The Morgan fingerprint density at radius 3 is 2.61 bits per heavy atom. The number of carbonyl (C=O) groups excluding carboxylic acids is 1. The van der Waals surface area contributed by atoms with Gasteiger partial charge < -0.3 is 29.6 Å². The van der Waals surface area contributed by atoms with E-state index in [-0.39, 0.29) is 12.5 Å². The summed E-state index contributed by atoms with van der Waals surface area (Å²) in [7, 11) is 3.20. The first kappa shape index (κ1) is 25.4. The number of aliphatic hydroxyl groups excluding tert-OH is 1. The number of nitrogens with one attached hydrogen (secondary N) is 2. The Morgan fingerprint density at radius 2 is 1.87 bits per heavy atom. The van der Waals surface area contributed by atoms with Gasteiger partial charge in [-0.05, 0) is 67.3 Å². The van der Waals surface area contributed by atoms with Crippen LogP contribution in [0.2, 0.25) is 0 Å². The number of para-hydroxylation sites is 1. The van der Waals surface area contributed by atoms with E-state index in [1.807, 2.05) is 74.7 Å². The van der Waals surface area contributed by atoms with Crippen LogP contribution in [0.25, 0.3) is 28.1 Å². The number of rotatable bonds is 8. The van der Waals surface area contributed by atoms with Crippen LogP contribution in [0, 0.1) is 0 Å². The Balaban J connectivity index is 1.51. The van der Waals surface area contributed by atoms with Crippen LogP contribution in [-0.4, -0.2) is 42.9 Å². The van der Waals surface area contributed by atoms with Gasteiger partial charge in [-0.25, -0.2) is 0 Å². The van der Waals surface area contributed by atoms with E-state index in [1.165, 1.54) is 0 Å². The molecule has 0 saturated carbocycles. The van der Waals surface area contributed by atoms with E-state index in [2.05, 4.69) is 10.3 Å². The second-order valence-corrected chi connectivity index (χ2v) is 9.73. The average molecular weight is 513 g/mol. The molecule has 1 unspecified atom stereocenters. The molecule has 1 aromatic heterocycles. The first-order valence-corrected chi connectivity index (χ1v) is 12.6. The van der Waals surface area contributed by atoms with Gasteiger partial charge in [0.2, 0.25) is 0 Å². The summed E-state index contributed by atoms with van der Waals surface area (Å²) in [5, 5.41) is 14.3. The van der Waals surface area contributed by atoms with Crippen molar-refractivity contribution in [1.82, 2.24) is 10.3 Å². The Morgan fingerprint density at radius 1 is 1.11 bits per heavy atom. The van der Waals surface area contributed by atoms with E-state index in [0.717, 1.165) is 44.3 Å². The monoisotopic (exact) mass is 512 g/mol. The van der Waals surface area contributed by atoms with E-state index in [9.17, 15) is 9.90 Å². The van der Waals surface area contributed by atoms with Crippen molar-refractivity contribution in [1.29, 1.82) is 0 Å². The van der Waals surface area contributed by atoms with Gasteiger partial charge in [-0.2, -0.15) is 0 Å². The van der Waals surface area contributed by atoms with Crippen LogP contribution in [0.3, 0.4) is 0 Å². The molecule has 0 spiro atoms. The van der Waals surface area contributed by atoms with Gasteiger partial charge >= 0.3 is 0 Å². The van der Waals surface area contributed by atoms with E-state index in [1.54, 1.807) is 14.2 Å². The average Bonchev–Trinajstić information content (AvgIpc) is 3.33. The lowest BCUT2D eigenvalue weighted by Gasteiger charge is -2.24. The molecule has 38 heavy (non-hydrogen) atoms. The molecule has 196 valence electrons. The Labute approximate surface area is 222 Å². The lowest BCUT2D eigenvalue weighted by Crippen LogP contribution is -2.39. The Hall–Kier alpha value is -4.23. The maximum absolute atomic E-state index is 13.7. The maximum atomic E-state index is 13.7. The summed E-state index contributed by atoms with van der Waals surface area (Å²) >= 11 is 0. The summed E-state index contributed by atoms with van der Waals surface area (Å²) in [5.41, 5.74) is 7.07. The quantitative estimate of drug-likeness (QED) is 0.290. The molecule has 3 N–H and O–H groups in total. The van der Waals surface area contributed by atoms with Gasteiger partial charge in [0.1, 0.15) is 12.4 Å². The minimum Gasteiger partial charge on any atom is -0.493 e. The number of allylic oxidation sites excluding steroid dienone is 1. The van der Waals surface area contributed by atoms with E-state index in [4.69, 9.17) is 14.2 Å². The molecule has 0 radical (unpaired) electrons. The molecule has 5 rings (SSSR count). The highest BCUT2D eigenvalue weighted by Crippen LogP contribution is 2.44. The fourth-order valence-corrected chi connectivity index (χ4v) is 4.99. The molecule has 1 aliphatic heterocycles. The number of fused-ring (bicyclic) bond motifs is 4. The smallest absolute Gasteiger partial charge is 0.252 e. The highest BCUT2D eigenvalue weighted by atomic mass is 16.5. The summed E-state index contributed by atoms with van der Waals surface area (Å²) in [4.78, 5) is 16.9. The lowest BCUT2D eigenvalue weighted by molar-refractivity contribution is 0.0916. The van der Waals surface area contributed by atoms with Crippen molar-refractivity contribution in [3.63, 3.8) is 0 Å². The summed E-state index contributed by atoms with van der Waals surface area (Å²) in [5.74, 6) is 1.68. The molecule has 1 atom stereocenters. The Bertz CT molecular complexity index is 1530. The van der Waals surface area contributed by atoms with Crippen molar-refractivity contribution in [3.05, 3.63) is 82.6 Å². The summed E-state index contributed by atoms with van der Waals surface area (Å²) in [6.45, 7) is 4.18. The van der Waals surface area contributed by atoms with Crippen LogP contribution in [0.5, 0.6) is 17.2 Å². The second-order valence-electron chi connectivity index (χ2n) is 9.73. The number of aromatic nitrogens is 1. The highest BCUT2D eigenvalue weighted by Gasteiger charge is 2.25. The molecule has 3 aromatic carbocycles. The third-order valence-electron chi connectivity index (χ3n) is 6.82. The van der Waals surface area contributed by atoms with Crippen molar-refractivity contribution < 1.29 is 24.1 Å². The van der Waals surface area contributed by atoms with Crippen molar-refractivity contribution in [3.8, 4) is 28.4 Å². The molecule has 7 heteroatoms. The van der Waals surface area contributed by atoms with Gasteiger partial charge in [0.05, 0.1) is 26.9 Å². The van der Waals surface area contributed by atoms with E-state index >= 15 is 0 Å². The third kappa shape index (κ3) is 4.85. The molecule has 1 amide bonds. The highest BCUT2D eigenvalue weighted by molar-refractivity contribution is 6.00. The third-order valence-corrected chi connectivity index (χ3v) is 6.82. The zero-order valence-corrected chi connectivity index (χ0v) is 22.1. The fraction of sp³-hybridized carbons (Fsp3) is 0.258. The number of aromatic amines is 1. The van der Waals surface area contributed by atoms with Crippen LogP contribution in [-0.2, 0) is 13.0 Å². The van der Waals surface area contributed by atoms with E-state index < -0.39 is 6.04 Å². The number of benzene rings is 3. The van der Waals surface area contributed by atoms with Gasteiger partial charge in [-0.15, -0.1) is 0 Å². The minimum absolute atomic E-state index is 0.183. The largest absolute Gasteiger partial charge is 0.493 e. The number of methoxy groups -OCH3 is 2. The first-order valence-electron chi connectivity index (χ1n) is 12.6. The second kappa shape index (κ2) is 10.6. The van der Waals surface area contributed by atoms with Crippen molar-refractivity contribution in [2.45, 2.75) is 32.9 Å². The van der Waals surface area contributed by atoms with Crippen LogP contribution >= 0.6 is 0 Å². The van der Waals surface area contributed by atoms with Gasteiger partial charge in [-0.1, -0.05) is 29.8 Å². The topological polar surface area (TPSA) is 92.8 Å². The predicted molar refractivity (Wildman–Crippen MR) is 149 cm³/mol. The molecule has 7 nitrogen and oxygen atoms in total. The van der Waals surface area contributed by atoms with Gasteiger partial charge in [0.25, 0.3) is 5.91 Å². The van der Waals surface area contributed by atoms with Crippen LogP contribution in [0.15, 0.2) is 60.3 Å². The number of ether oxygens (including phenoxy) is 3. The standard InChI is InChI=1S/C31H32N2O5/c1-18(2)9-19-11-28-26(24-14-30(37-4)29(36-3)12-21(24)17-38-28)13-25(19)31(35)33-22(16-34)10-20-15-32-27-8-6-5-7-23(20)27/h5-9,11-15,22,32,34H,10,16-17H2,1-4H3,(H,33,35). The molecule has 4 aromatic rings. The van der Waals surface area contributed by atoms with Gasteiger partial charge in [-0.3, -0.25) is 4.79 Å². The zero-order chi connectivity index (χ0) is 26.8. The SMILES string of the molecule is COc1cc2c(cc1OC)-c1cc(C(=O)NC(CO)Cc3c[nH]c4ccccc34)c(C=C(C)C)cc1OC2.